The Hall–Kier alpha value is -3.21. The van der Waals surface area contributed by atoms with Crippen LogP contribution in [0.3, 0.4) is 0 Å². The van der Waals surface area contributed by atoms with Gasteiger partial charge in [0.2, 0.25) is 11.8 Å². The number of pyridine rings is 1. The average Bonchev–Trinajstić information content (AvgIpc) is 2.75. The molecule has 0 radical (unpaired) electrons. The van der Waals surface area contributed by atoms with E-state index in [9.17, 15) is 14.7 Å². The van der Waals surface area contributed by atoms with E-state index < -0.39 is 0 Å². The van der Waals surface area contributed by atoms with Gasteiger partial charge in [-0.3, -0.25) is 14.6 Å². The van der Waals surface area contributed by atoms with Gasteiger partial charge in [-0.2, -0.15) is 0 Å². The minimum absolute atomic E-state index is 0.0302. The molecule has 2 aliphatic heterocycles. The molecule has 3 atom stereocenters. The zero-order chi connectivity index (χ0) is 21.1. The highest BCUT2D eigenvalue weighted by Crippen LogP contribution is 2.42. The first kappa shape index (κ1) is 20.1. The van der Waals surface area contributed by atoms with Gasteiger partial charge in [0.25, 0.3) is 0 Å². The van der Waals surface area contributed by atoms with Gasteiger partial charge in [0.1, 0.15) is 6.61 Å². The van der Waals surface area contributed by atoms with Gasteiger partial charge in [-0.25, -0.2) is 0 Å². The van der Waals surface area contributed by atoms with Crippen LogP contribution in [0.5, 0.6) is 0 Å². The van der Waals surface area contributed by atoms with Crippen LogP contribution in [0, 0.1) is 11.8 Å². The lowest BCUT2D eigenvalue weighted by atomic mass is 9.73. The number of hydrogen-bond donors (Lipinski definition) is 1. The van der Waals surface area contributed by atoms with E-state index in [0.29, 0.717) is 6.54 Å². The van der Waals surface area contributed by atoms with Gasteiger partial charge in [0.15, 0.2) is 0 Å². The van der Waals surface area contributed by atoms with Crippen molar-refractivity contribution in [2.45, 2.75) is 18.0 Å². The summed E-state index contributed by atoms with van der Waals surface area (Å²) in [6.07, 6.45) is 3.42. The largest absolute Gasteiger partial charge is 0.394 e. The molecule has 2 amide bonds. The molecule has 4 rings (SSSR count). The maximum atomic E-state index is 12.6. The zero-order valence-electron chi connectivity index (χ0n) is 16.7. The van der Waals surface area contributed by atoms with Crippen molar-refractivity contribution in [1.29, 1.82) is 0 Å². The maximum absolute atomic E-state index is 12.6. The van der Waals surface area contributed by atoms with Crippen molar-refractivity contribution in [3.05, 3.63) is 65.5 Å². The van der Waals surface area contributed by atoms with E-state index in [2.05, 4.69) is 16.8 Å². The van der Waals surface area contributed by atoms with Crippen LogP contribution < -0.4 is 0 Å². The van der Waals surface area contributed by atoms with Crippen LogP contribution in [-0.4, -0.2) is 77.2 Å². The first-order valence-electron chi connectivity index (χ1n) is 9.83. The van der Waals surface area contributed by atoms with E-state index >= 15 is 0 Å². The van der Waals surface area contributed by atoms with Gasteiger partial charge >= 0.3 is 0 Å². The van der Waals surface area contributed by atoms with Crippen LogP contribution in [0.1, 0.15) is 22.6 Å². The molecular formula is C23H23N3O4. The molecule has 1 aromatic carbocycles. The fraction of sp³-hybridized carbons (Fsp3) is 0.348. The maximum Gasteiger partial charge on any atom is 0.249 e. The Morgan fingerprint density at radius 2 is 2.00 bits per heavy atom. The molecule has 7 heteroatoms. The summed E-state index contributed by atoms with van der Waals surface area (Å²) in [5, 5.41) is 9.88. The number of benzene rings is 1. The quantitative estimate of drug-likeness (QED) is 0.755. The molecule has 0 bridgehead atoms. The van der Waals surface area contributed by atoms with Gasteiger partial charge in [0, 0.05) is 43.1 Å². The summed E-state index contributed by atoms with van der Waals surface area (Å²) < 4.78 is 4.92. The molecule has 1 N–H and O–H groups in total. The Morgan fingerprint density at radius 1 is 1.23 bits per heavy atom. The van der Waals surface area contributed by atoms with Crippen LogP contribution in [0.15, 0.2) is 48.8 Å². The minimum Gasteiger partial charge on any atom is -0.394 e. The standard InChI is InChI=1S/C23H23N3O4/c1-30-15-22(29)25-12-19-23(20(14-27)26(19)21(28)13-25)18-8-6-16(7-9-18)4-5-17-3-2-10-24-11-17/h2-3,6-11,19-20,23,27H,12-15H2,1H3/t19-,20+,23+/m0/s1. The number of methoxy groups -OCH3 is 1. The molecule has 0 saturated carbocycles. The summed E-state index contributed by atoms with van der Waals surface area (Å²) in [6.45, 7) is 0.322. The molecule has 2 saturated heterocycles. The van der Waals surface area contributed by atoms with Crippen LogP contribution in [0.2, 0.25) is 0 Å². The molecule has 0 spiro atoms. The summed E-state index contributed by atoms with van der Waals surface area (Å²) in [5.41, 5.74) is 2.74. The molecule has 1 aromatic heterocycles. The highest BCUT2D eigenvalue weighted by molar-refractivity contribution is 5.88. The second-order valence-electron chi connectivity index (χ2n) is 7.47. The summed E-state index contributed by atoms with van der Waals surface area (Å²) in [6, 6.07) is 11.2. The number of amides is 2. The number of aliphatic hydroxyl groups is 1. The lowest BCUT2D eigenvalue weighted by Gasteiger charge is -2.58. The van der Waals surface area contributed by atoms with Crippen molar-refractivity contribution in [3.63, 3.8) is 0 Å². The Labute approximate surface area is 175 Å². The Morgan fingerprint density at radius 3 is 2.67 bits per heavy atom. The van der Waals surface area contributed by atoms with Crippen molar-refractivity contribution in [3.8, 4) is 11.8 Å². The highest BCUT2D eigenvalue weighted by Gasteiger charge is 2.54. The fourth-order valence-electron chi connectivity index (χ4n) is 4.27. The van der Waals surface area contributed by atoms with Crippen LogP contribution >= 0.6 is 0 Å². The lowest BCUT2D eigenvalue weighted by molar-refractivity contribution is -0.168. The predicted octanol–water partition coefficient (Wildman–Crippen LogP) is 0.625. The summed E-state index contributed by atoms with van der Waals surface area (Å²) in [4.78, 5) is 32.1. The van der Waals surface area contributed by atoms with Gasteiger partial charge in [-0.05, 0) is 29.8 Å². The number of carbonyl (C=O) groups excluding carboxylic acids is 2. The predicted molar refractivity (Wildman–Crippen MR) is 109 cm³/mol. The molecule has 2 aliphatic rings. The smallest absolute Gasteiger partial charge is 0.249 e. The van der Waals surface area contributed by atoms with Gasteiger partial charge in [-0.1, -0.05) is 24.0 Å². The van der Waals surface area contributed by atoms with E-state index in [1.165, 1.54) is 7.11 Å². The third-order valence-corrected chi connectivity index (χ3v) is 5.68. The second kappa shape index (κ2) is 8.66. The van der Waals surface area contributed by atoms with E-state index in [4.69, 9.17) is 4.74 Å². The number of hydrogen-bond acceptors (Lipinski definition) is 5. The lowest BCUT2D eigenvalue weighted by Crippen LogP contribution is -2.73. The highest BCUT2D eigenvalue weighted by atomic mass is 16.5. The normalized spacial score (nSPS) is 22.6. The van der Waals surface area contributed by atoms with Crippen LogP contribution in [0.25, 0.3) is 0 Å². The number of rotatable bonds is 4. The van der Waals surface area contributed by atoms with E-state index in [1.54, 1.807) is 22.2 Å². The van der Waals surface area contributed by atoms with E-state index in [0.717, 1.165) is 16.7 Å². The number of carbonyl (C=O) groups is 2. The van der Waals surface area contributed by atoms with Crippen molar-refractivity contribution in [2.75, 3.05) is 33.4 Å². The van der Waals surface area contributed by atoms with Gasteiger partial charge in [-0.15, -0.1) is 0 Å². The number of aliphatic hydroxyl groups excluding tert-OH is 1. The van der Waals surface area contributed by atoms with E-state index in [-0.39, 0.29) is 49.6 Å². The molecular weight excluding hydrogens is 382 g/mol. The first-order chi connectivity index (χ1) is 14.6. The molecule has 154 valence electrons. The van der Waals surface area contributed by atoms with Crippen molar-refractivity contribution in [2.24, 2.45) is 0 Å². The van der Waals surface area contributed by atoms with Gasteiger partial charge < -0.3 is 19.6 Å². The molecule has 3 heterocycles. The first-order valence-corrected chi connectivity index (χ1v) is 9.83. The van der Waals surface area contributed by atoms with Crippen molar-refractivity contribution < 1.29 is 19.4 Å². The molecule has 0 aliphatic carbocycles. The van der Waals surface area contributed by atoms with Crippen molar-refractivity contribution in [1.82, 2.24) is 14.8 Å². The second-order valence-corrected chi connectivity index (χ2v) is 7.47. The molecule has 2 fully saturated rings. The summed E-state index contributed by atoms with van der Waals surface area (Å²) >= 11 is 0. The molecule has 7 nitrogen and oxygen atoms in total. The molecule has 0 unspecified atom stereocenters. The van der Waals surface area contributed by atoms with Gasteiger partial charge in [0.05, 0.1) is 25.2 Å². The SMILES string of the molecule is COCC(=O)N1CC(=O)N2[C@H](CO)[C@H](c3ccc(C#Cc4cccnc4)cc3)[C@@H]2C1. The Kier molecular flexibility index (Phi) is 5.79. The van der Waals surface area contributed by atoms with Crippen LogP contribution in [0.4, 0.5) is 0 Å². The number of piperazine rings is 1. The number of fused-ring (bicyclic) bond motifs is 1. The number of nitrogens with zero attached hydrogens (tertiary/aromatic N) is 3. The zero-order valence-corrected chi connectivity index (χ0v) is 16.7. The Bertz CT molecular complexity index is 981. The third-order valence-electron chi connectivity index (χ3n) is 5.68. The van der Waals surface area contributed by atoms with Crippen molar-refractivity contribution >= 4 is 11.8 Å². The van der Waals surface area contributed by atoms with E-state index in [1.807, 2.05) is 36.4 Å². The summed E-state index contributed by atoms with van der Waals surface area (Å²) in [7, 11) is 1.46. The average molecular weight is 405 g/mol. The summed E-state index contributed by atoms with van der Waals surface area (Å²) in [5.74, 6) is 5.83. The molecule has 2 aromatic rings. The minimum atomic E-state index is -0.269. The molecule has 30 heavy (non-hydrogen) atoms. The Balaban J connectivity index is 1.52. The topological polar surface area (TPSA) is 83.0 Å². The number of aromatic nitrogens is 1. The number of ether oxygens (including phenoxy) is 1. The monoisotopic (exact) mass is 405 g/mol. The fourth-order valence-corrected chi connectivity index (χ4v) is 4.27. The third kappa shape index (κ3) is 3.80. The van der Waals surface area contributed by atoms with Crippen LogP contribution in [-0.2, 0) is 14.3 Å².